The van der Waals surface area contributed by atoms with Crippen LogP contribution in [0.5, 0.6) is 0 Å². The molecule has 23 heavy (non-hydrogen) atoms. The van der Waals surface area contributed by atoms with Crippen molar-refractivity contribution in [2.75, 3.05) is 6.61 Å². The van der Waals surface area contributed by atoms with Crippen molar-refractivity contribution in [1.82, 2.24) is 5.32 Å². The molecule has 0 spiro atoms. The lowest BCUT2D eigenvalue weighted by atomic mass is 9.82. The van der Waals surface area contributed by atoms with Gasteiger partial charge in [0.15, 0.2) is 0 Å². The number of hydrogen-bond donors (Lipinski definition) is 2. The summed E-state index contributed by atoms with van der Waals surface area (Å²) < 4.78 is 0. The topological polar surface area (TPSA) is 49.3 Å². The number of rotatable bonds is 6. The molecule has 1 aromatic carbocycles. The summed E-state index contributed by atoms with van der Waals surface area (Å²) >= 11 is 0. The smallest absolute Gasteiger partial charge is 0.224 e. The van der Waals surface area contributed by atoms with Crippen molar-refractivity contribution >= 4 is 5.91 Å². The van der Waals surface area contributed by atoms with E-state index < -0.39 is 0 Å². The zero-order valence-electron chi connectivity index (χ0n) is 13.6. The standard InChI is InChI=1S/C20H25NO2/c1-2-6-18-15-9-10-16(12-15)19(18)20(23)21-17(13-22)11-14-7-4-3-5-8-14/h2-10,15-19,22H,11-13H2,1H3,(H,21,23)/b6-2+/t15-,16+,17+,18-,19+/m1/s1. The summed E-state index contributed by atoms with van der Waals surface area (Å²) in [4.78, 5) is 12.8. The number of carbonyl (C=O) groups excluding carboxylic acids is 1. The van der Waals surface area contributed by atoms with Crippen molar-refractivity contribution in [2.24, 2.45) is 23.7 Å². The molecule has 0 aliphatic heterocycles. The first-order valence-corrected chi connectivity index (χ1v) is 8.49. The maximum absolute atomic E-state index is 12.8. The molecule has 3 nitrogen and oxygen atoms in total. The summed E-state index contributed by atoms with van der Waals surface area (Å²) in [7, 11) is 0. The molecule has 1 amide bonds. The maximum atomic E-state index is 12.8. The minimum absolute atomic E-state index is 0.00558. The Morgan fingerprint density at radius 2 is 2.04 bits per heavy atom. The van der Waals surface area contributed by atoms with Gasteiger partial charge in [-0.2, -0.15) is 0 Å². The number of allylic oxidation sites excluding steroid dienone is 4. The molecule has 0 aromatic heterocycles. The second-order valence-corrected chi connectivity index (χ2v) is 6.66. The average Bonchev–Trinajstić information content (AvgIpc) is 3.17. The van der Waals surface area contributed by atoms with Gasteiger partial charge in [-0.1, -0.05) is 54.6 Å². The van der Waals surface area contributed by atoms with Crippen molar-refractivity contribution in [2.45, 2.75) is 25.8 Å². The Morgan fingerprint density at radius 1 is 1.30 bits per heavy atom. The first-order valence-electron chi connectivity index (χ1n) is 8.49. The molecule has 2 aliphatic rings. The fourth-order valence-corrected chi connectivity index (χ4v) is 4.07. The Balaban J connectivity index is 1.66. The van der Waals surface area contributed by atoms with Crippen molar-refractivity contribution < 1.29 is 9.90 Å². The number of nitrogens with one attached hydrogen (secondary N) is 1. The SMILES string of the molecule is C/C=C/[C@H]1[C@@H](C(=O)N[C@H](CO)Cc2ccccc2)[C@H]2C=C[C@@H]1C2. The lowest BCUT2D eigenvalue weighted by Crippen LogP contribution is -2.45. The van der Waals surface area contributed by atoms with E-state index in [0.29, 0.717) is 24.2 Å². The highest BCUT2D eigenvalue weighted by Gasteiger charge is 2.46. The van der Waals surface area contributed by atoms with Gasteiger partial charge in [0.1, 0.15) is 0 Å². The van der Waals surface area contributed by atoms with Crippen LogP contribution in [0.4, 0.5) is 0 Å². The Hall–Kier alpha value is -1.87. The van der Waals surface area contributed by atoms with E-state index in [9.17, 15) is 9.90 Å². The van der Waals surface area contributed by atoms with Crippen molar-refractivity contribution in [1.29, 1.82) is 0 Å². The first kappa shape index (κ1) is 16.0. The molecule has 2 bridgehead atoms. The quantitative estimate of drug-likeness (QED) is 0.794. The monoisotopic (exact) mass is 311 g/mol. The molecule has 3 heteroatoms. The van der Waals surface area contributed by atoms with E-state index in [1.165, 1.54) is 0 Å². The maximum Gasteiger partial charge on any atom is 0.224 e. The summed E-state index contributed by atoms with van der Waals surface area (Å²) in [5, 5.41) is 12.7. The van der Waals surface area contributed by atoms with Gasteiger partial charge in [0.2, 0.25) is 5.91 Å². The Labute approximate surface area is 138 Å². The molecule has 5 atom stereocenters. The Morgan fingerprint density at radius 3 is 2.74 bits per heavy atom. The van der Waals surface area contributed by atoms with Crippen LogP contribution in [0.15, 0.2) is 54.6 Å². The zero-order valence-corrected chi connectivity index (χ0v) is 13.6. The fraction of sp³-hybridized carbons (Fsp3) is 0.450. The van der Waals surface area contributed by atoms with Gasteiger partial charge in [-0.3, -0.25) is 4.79 Å². The Bertz CT molecular complexity index is 593. The van der Waals surface area contributed by atoms with Crippen LogP contribution in [0.3, 0.4) is 0 Å². The largest absolute Gasteiger partial charge is 0.394 e. The summed E-state index contributed by atoms with van der Waals surface area (Å²) in [5.41, 5.74) is 1.13. The number of hydrogen-bond acceptors (Lipinski definition) is 2. The number of aliphatic hydroxyl groups is 1. The third-order valence-electron chi connectivity index (χ3n) is 5.13. The number of carbonyl (C=O) groups is 1. The molecular formula is C20H25NO2. The molecule has 1 aromatic rings. The normalized spacial score (nSPS) is 30.0. The van der Waals surface area contributed by atoms with E-state index in [4.69, 9.17) is 0 Å². The van der Waals surface area contributed by atoms with Gasteiger partial charge < -0.3 is 10.4 Å². The second kappa shape index (κ2) is 7.14. The molecule has 0 radical (unpaired) electrons. The molecule has 122 valence electrons. The predicted octanol–water partition coefficient (Wildman–Crippen LogP) is 2.72. The molecule has 0 saturated heterocycles. The van der Waals surface area contributed by atoms with Crippen molar-refractivity contribution in [3.05, 3.63) is 60.2 Å². The highest BCUT2D eigenvalue weighted by molar-refractivity contribution is 5.81. The van der Waals surface area contributed by atoms with Gasteiger partial charge in [-0.15, -0.1) is 0 Å². The van der Waals surface area contributed by atoms with Crippen molar-refractivity contribution in [3.8, 4) is 0 Å². The van der Waals surface area contributed by atoms with Crippen LogP contribution in [0.2, 0.25) is 0 Å². The lowest BCUT2D eigenvalue weighted by Gasteiger charge is -2.27. The van der Waals surface area contributed by atoms with Gasteiger partial charge >= 0.3 is 0 Å². The minimum atomic E-state index is -0.223. The molecule has 1 fully saturated rings. The molecule has 3 rings (SSSR count). The van der Waals surface area contributed by atoms with Gasteiger partial charge in [0, 0.05) is 0 Å². The molecular weight excluding hydrogens is 286 g/mol. The van der Waals surface area contributed by atoms with Gasteiger partial charge in [0.25, 0.3) is 0 Å². The number of aliphatic hydroxyl groups excluding tert-OH is 1. The van der Waals surface area contributed by atoms with Crippen LogP contribution < -0.4 is 5.32 Å². The van der Waals surface area contributed by atoms with E-state index in [0.717, 1.165) is 12.0 Å². The highest BCUT2D eigenvalue weighted by atomic mass is 16.3. The van der Waals surface area contributed by atoms with Crippen LogP contribution in [0, 0.1) is 23.7 Å². The minimum Gasteiger partial charge on any atom is -0.394 e. The molecule has 1 saturated carbocycles. The summed E-state index contributed by atoms with van der Waals surface area (Å²) in [6, 6.07) is 9.76. The van der Waals surface area contributed by atoms with E-state index in [-0.39, 0.29) is 24.5 Å². The summed E-state index contributed by atoms with van der Waals surface area (Å²) in [6.45, 7) is 1.97. The third-order valence-corrected chi connectivity index (χ3v) is 5.13. The highest BCUT2D eigenvalue weighted by Crippen LogP contribution is 2.48. The van der Waals surface area contributed by atoms with E-state index in [1.54, 1.807) is 0 Å². The third kappa shape index (κ3) is 3.40. The van der Waals surface area contributed by atoms with Gasteiger partial charge in [-0.05, 0) is 43.1 Å². The molecule has 2 N–H and O–H groups in total. The second-order valence-electron chi connectivity index (χ2n) is 6.66. The van der Waals surface area contributed by atoms with Crippen LogP contribution in [-0.4, -0.2) is 23.7 Å². The predicted molar refractivity (Wildman–Crippen MR) is 91.7 cm³/mol. The fourth-order valence-electron chi connectivity index (χ4n) is 4.07. The van der Waals surface area contributed by atoms with Crippen LogP contribution in [-0.2, 0) is 11.2 Å². The lowest BCUT2D eigenvalue weighted by molar-refractivity contribution is -0.127. The van der Waals surface area contributed by atoms with Gasteiger partial charge in [0.05, 0.1) is 18.6 Å². The van der Waals surface area contributed by atoms with E-state index in [1.807, 2.05) is 43.3 Å². The summed E-state index contributed by atoms with van der Waals surface area (Å²) in [6.07, 6.45) is 10.4. The number of fused-ring (bicyclic) bond motifs is 2. The molecule has 2 aliphatic carbocycles. The average molecular weight is 311 g/mol. The van der Waals surface area contributed by atoms with Crippen LogP contribution in [0.25, 0.3) is 0 Å². The number of benzene rings is 1. The number of amides is 1. The molecule has 0 unspecified atom stereocenters. The van der Waals surface area contributed by atoms with Crippen LogP contribution >= 0.6 is 0 Å². The molecule has 0 heterocycles. The van der Waals surface area contributed by atoms with Gasteiger partial charge in [-0.25, -0.2) is 0 Å². The summed E-state index contributed by atoms with van der Waals surface area (Å²) in [5.74, 6) is 1.22. The Kier molecular flexibility index (Phi) is 4.97. The van der Waals surface area contributed by atoms with Crippen LogP contribution in [0.1, 0.15) is 18.9 Å². The van der Waals surface area contributed by atoms with E-state index >= 15 is 0 Å². The van der Waals surface area contributed by atoms with E-state index in [2.05, 4.69) is 23.5 Å². The van der Waals surface area contributed by atoms with Crippen molar-refractivity contribution in [3.63, 3.8) is 0 Å². The zero-order chi connectivity index (χ0) is 16.2. The first-order chi connectivity index (χ1) is 11.2.